The first kappa shape index (κ1) is 15.0. The highest BCUT2D eigenvalue weighted by molar-refractivity contribution is 4.77. The van der Waals surface area contributed by atoms with Crippen molar-refractivity contribution in [3.63, 3.8) is 0 Å². The van der Waals surface area contributed by atoms with E-state index >= 15 is 0 Å². The Labute approximate surface area is 108 Å². The Kier molecular flexibility index (Phi) is 7.87. The van der Waals surface area contributed by atoms with E-state index in [9.17, 15) is 0 Å². The minimum Gasteiger partial charge on any atom is -0.314 e. The van der Waals surface area contributed by atoms with Gasteiger partial charge in [-0.2, -0.15) is 0 Å². The zero-order chi connectivity index (χ0) is 12.5. The van der Waals surface area contributed by atoms with Gasteiger partial charge in [-0.25, -0.2) is 0 Å². The van der Waals surface area contributed by atoms with E-state index in [2.05, 4.69) is 31.0 Å². The van der Waals surface area contributed by atoms with Crippen molar-refractivity contribution >= 4 is 0 Å². The molecule has 2 atom stereocenters. The van der Waals surface area contributed by atoms with Crippen LogP contribution in [0.15, 0.2) is 0 Å². The Bertz CT molecular complexity index is 178. The van der Waals surface area contributed by atoms with Gasteiger partial charge in [-0.1, -0.05) is 40.0 Å². The highest BCUT2D eigenvalue weighted by atomic mass is 15.1. The Morgan fingerprint density at radius 3 is 2.53 bits per heavy atom. The molecule has 0 heterocycles. The van der Waals surface area contributed by atoms with Gasteiger partial charge in [-0.3, -0.25) is 0 Å². The fraction of sp³-hybridized carbons (Fsp3) is 1.00. The normalized spacial score (nSPS) is 25.4. The fourth-order valence-corrected chi connectivity index (χ4v) is 3.00. The van der Waals surface area contributed by atoms with Gasteiger partial charge in [0.15, 0.2) is 0 Å². The lowest BCUT2D eigenvalue weighted by molar-refractivity contribution is 0.265. The van der Waals surface area contributed by atoms with E-state index in [4.69, 9.17) is 0 Å². The van der Waals surface area contributed by atoms with Gasteiger partial charge >= 0.3 is 0 Å². The molecule has 0 radical (unpaired) electrons. The molecule has 0 aromatic carbocycles. The summed E-state index contributed by atoms with van der Waals surface area (Å²) in [5.74, 6) is 0.990. The van der Waals surface area contributed by atoms with Gasteiger partial charge in [0.25, 0.3) is 0 Å². The minimum absolute atomic E-state index is 0.811. The third-order valence-electron chi connectivity index (χ3n) is 4.34. The summed E-state index contributed by atoms with van der Waals surface area (Å²) in [6.07, 6.45) is 8.40. The van der Waals surface area contributed by atoms with Gasteiger partial charge < -0.3 is 10.2 Å². The lowest BCUT2D eigenvalue weighted by Gasteiger charge is -2.29. The van der Waals surface area contributed by atoms with E-state index in [1.807, 2.05) is 0 Å². The highest BCUT2D eigenvalue weighted by Gasteiger charge is 2.19. The van der Waals surface area contributed by atoms with Crippen molar-refractivity contribution in [2.24, 2.45) is 5.92 Å². The van der Waals surface area contributed by atoms with Crippen LogP contribution < -0.4 is 5.32 Å². The van der Waals surface area contributed by atoms with Crippen molar-refractivity contribution in [1.82, 2.24) is 10.2 Å². The summed E-state index contributed by atoms with van der Waals surface area (Å²) in [5.41, 5.74) is 0. The molecule has 2 nitrogen and oxygen atoms in total. The average Bonchev–Trinajstić information content (AvgIpc) is 2.39. The standard InChI is InChI=1S/C15H32N2/c1-4-14-9-7-10-15(13-14)16-11-8-12-17(5-2)6-3/h14-16H,4-13H2,1-3H3. The van der Waals surface area contributed by atoms with E-state index in [1.165, 1.54) is 64.7 Å². The summed E-state index contributed by atoms with van der Waals surface area (Å²) in [5, 5.41) is 3.76. The third kappa shape index (κ3) is 5.87. The van der Waals surface area contributed by atoms with Gasteiger partial charge in [0.05, 0.1) is 0 Å². The van der Waals surface area contributed by atoms with Crippen LogP contribution in [0.2, 0.25) is 0 Å². The van der Waals surface area contributed by atoms with Crippen LogP contribution >= 0.6 is 0 Å². The van der Waals surface area contributed by atoms with Gasteiger partial charge in [0, 0.05) is 6.04 Å². The van der Waals surface area contributed by atoms with E-state index in [-0.39, 0.29) is 0 Å². The predicted octanol–water partition coefficient (Wildman–Crippen LogP) is 3.28. The largest absolute Gasteiger partial charge is 0.314 e. The van der Waals surface area contributed by atoms with Crippen molar-refractivity contribution in [3.8, 4) is 0 Å². The maximum atomic E-state index is 3.76. The van der Waals surface area contributed by atoms with Crippen LogP contribution in [-0.4, -0.2) is 37.1 Å². The Morgan fingerprint density at radius 1 is 1.12 bits per heavy atom. The van der Waals surface area contributed by atoms with Crippen LogP contribution in [-0.2, 0) is 0 Å². The summed E-state index contributed by atoms with van der Waals surface area (Å²) in [6.45, 7) is 11.7. The molecular formula is C15H32N2. The van der Waals surface area contributed by atoms with Crippen LogP contribution in [0.5, 0.6) is 0 Å². The molecule has 1 N–H and O–H groups in total. The van der Waals surface area contributed by atoms with Crippen molar-refractivity contribution in [2.45, 2.75) is 65.3 Å². The smallest absolute Gasteiger partial charge is 0.00697 e. The number of hydrogen-bond donors (Lipinski definition) is 1. The summed E-state index contributed by atoms with van der Waals surface area (Å²) >= 11 is 0. The molecule has 1 fully saturated rings. The molecule has 0 aliphatic heterocycles. The zero-order valence-corrected chi connectivity index (χ0v) is 12.2. The highest BCUT2D eigenvalue weighted by Crippen LogP contribution is 2.26. The molecule has 102 valence electrons. The number of rotatable bonds is 8. The topological polar surface area (TPSA) is 15.3 Å². The Balaban J connectivity index is 2.05. The van der Waals surface area contributed by atoms with Crippen LogP contribution in [0.4, 0.5) is 0 Å². The van der Waals surface area contributed by atoms with Crippen LogP contribution in [0.1, 0.15) is 59.3 Å². The second kappa shape index (κ2) is 8.93. The molecule has 0 saturated heterocycles. The molecule has 1 aliphatic carbocycles. The summed E-state index contributed by atoms with van der Waals surface area (Å²) < 4.78 is 0. The van der Waals surface area contributed by atoms with Crippen molar-refractivity contribution < 1.29 is 0 Å². The first-order valence-electron chi connectivity index (χ1n) is 7.75. The second-order valence-electron chi connectivity index (χ2n) is 5.47. The summed E-state index contributed by atoms with van der Waals surface area (Å²) in [6, 6.07) is 0.811. The van der Waals surface area contributed by atoms with Crippen molar-refractivity contribution in [3.05, 3.63) is 0 Å². The van der Waals surface area contributed by atoms with Crippen LogP contribution in [0, 0.1) is 5.92 Å². The monoisotopic (exact) mass is 240 g/mol. The minimum atomic E-state index is 0.811. The van der Waals surface area contributed by atoms with Gasteiger partial charge in [-0.05, 0) is 51.4 Å². The third-order valence-corrected chi connectivity index (χ3v) is 4.34. The maximum absolute atomic E-state index is 3.76. The first-order valence-corrected chi connectivity index (χ1v) is 7.75. The lowest BCUT2D eigenvalue weighted by atomic mass is 9.84. The average molecular weight is 240 g/mol. The number of nitrogens with zero attached hydrogens (tertiary/aromatic N) is 1. The molecule has 2 heteroatoms. The van der Waals surface area contributed by atoms with E-state index in [1.54, 1.807) is 0 Å². The molecule has 17 heavy (non-hydrogen) atoms. The van der Waals surface area contributed by atoms with Gasteiger partial charge in [-0.15, -0.1) is 0 Å². The van der Waals surface area contributed by atoms with Crippen LogP contribution in [0.25, 0.3) is 0 Å². The predicted molar refractivity (Wildman–Crippen MR) is 76.4 cm³/mol. The molecule has 0 spiro atoms. The van der Waals surface area contributed by atoms with E-state index < -0.39 is 0 Å². The molecule has 1 saturated carbocycles. The molecular weight excluding hydrogens is 208 g/mol. The molecule has 2 unspecified atom stereocenters. The molecule has 1 aliphatic rings. The van der Waals surface area contributed by atoms with Crippen LogP contribution in [0.3, 0.4) is 0 Å². The lowest BCUT2D eigenvalue weighted by Crippen LogP contribution is -2.36. The second-order valence-corrected chi connectivity index (χ2v) is 5.47. The summed E-state index contributed by atoms with van der Waals surface area (Å²) in [4.78, 5) is 2.51. The SMILES string of the molecule is CCC1CCCC(NCCCN(CC)CC)C1. The Morgan fingerprint density at radius 2 is 1.88 bits per heavy atom. The van der Waals surface area contributed by atoms with Crippen molar-refractivity contribution in [1.29, 1.82) is 0 Å². The Hall–Kier alpha value is -0.0800. The molecule has 0 aromatic rings. The molecule has 0 bridgehead atoms. The molecule has 0 aromatic heterocycles. The summed E-state index contributed by atoms with van der Waals surface area (Å²) in [7, 11) is 0. The molecule has 1 rings (SSSR count). The first-order chi connectivity index (χ1) is 8.30. The fourth-order valence-electron chi connectivity index (χ4n) is 3.00. The number of nitrogens with one attached hydrogen (secondary N) is 1. The zero-order valence-electron chi connectivity index (χ0n) is 12.2. The quantitative estimate of drug-likeness (QED) is 0.655. The maximum Gasteiger partial charge on any atom is 0.00697 e. The van der Waals surface area contributed by atoms with Crippen molar-refractivity contribution in [2.75, 3.05) is 26.2 Å². The van der Waals surface area contributed by atoms with Gasteiger partial charge in [0.2, 0.25) is 0 Å². The van der Waals surface area contributed by atoms with Gasteiger partial charge in [0.1, 0.15) is 0 Å². The molecule has 0 amide bonds. The van der Waals surface area contributed by atoms with E-state index in [0.29, 0.717) is 0 Å². The van der Waals surface area contributed by atoms with E-state index in [0.717, 1.165) is 12.0 Å². The number of hydrogen-bond acceptors (Lipinski definition) is 2.